The lowest BCUT2D eigenvalue weighted by Crippen LogP contribution is -2.35. The van der Waals surface area contributed by atoms with Crippen molar-refractivity contribution in [3.05, 3.63) is 53.3 Å². The summed E-state index contributed by atoms with van der Waals surface area (Å²) in [7, 11) is 0. The van der Waals surface area contributed by atoms with Crippen molar-refractivity contribution in [2.45, 2.75) is 20.5 Å². The van der Waals surface area contributed by atoms with Gasteiger partial charge in [-0.3, -0.25) is 4.98 Å². The zero-order chi connectivity index (χ0) is 14.8. The quantitative estimate of drug-likeness (QED) is 0.801. The van der Waals surface area contributed by atoms with Crippen LogP contribution in [0.4, 0.5) is 12.9 Å². The number of benzene rings is 1. The van der Waals surface area contributed by atoms with Gasteiger partial charge in [0, 0.05) is 18.0 Å². The number of hydrogen-bond donors (Lipinski definition) is 0. The number of halogens is 3. The van der Waals surface area contributed by atoms with Crippen LogP contribution in [0.15, 0.2) is 36.7 Å². The number of aromatic nitrogens is 1. The molecule has 2 aromatic rings. The summed E-state index contributed by atoms with van der Waals surface area (Å²) < 4.78 is 43.6. The molecule has 0 bridgehead atoms. The first-order chi connectivity index (χ1) is 9.36. The normalized spacial score (nSPS) is 11.4. The van der Waals surface area contributed by atoms with Crippen LogP contribution in [0.3, 0.4) is 0 Å². The van der Waals surface area contributed by atoms with Gasteiger partial charge in [0.2, 0.25) is 0 Å². The molecular formula is C14H14BF3NO-. The zero-order valence-corrected chi connectivity index (χ0v) is 11.2. The minimum absolute atomic E-state index is 0.178. The number of hydrogen-bond acceptors (Lipinski definition) is 2. The van der Waals surface area contributed by atoms with Gasteiger partial charge in [0.25, 0.3) is 0 Å². The van der Waals surface area contributed by atoms with Crippen LogP contribution in [0.25, 0.3) is 0 Å². The van der Waals surface area contributed by atoms with E-state index in [1.807, 2.05) is 13.0 Å². The first-order valence-electron chi connectivity index (χ1n) is 6.20. The van der Waals surface area contributed by atoms with E-state index >= 15 is 0 Å². The maximum atomic E-state index is 12.7. The maximum absolute atomic E-state index is 12.7. The van der Waals surface area contributed by atoms with Crippen LogP contribution in [0.1, 0.15) is 16.7 Å². The summed E-state index contributed by atoms with van der Waals surface area (Å²) in [5.41, 5.74) is 1.50. The summed E-state index contributed by atoms with van der Waals surface area (Å²) in [6, 6.07) is 5.75. The molecule has 2 nitrogen and oxygen atoms in total. The second-order valence-electron chi connectivity index (χ2n) is 4.75. The van der Waals surface area contributed by atoms with E-state index in [-0.39, 0.29) is 12.2 Å². The van der Waals surface area contributed by atoms with Gasteiger partial charge in [0.15, 0.2) is 0 Å². The first-order valence-corrected chi connectivity index (χ1v) is 6.20. The van der Waals surface area contributed by atoms with Crippen LogP contribution in [0, 0.1) is 13.8 Å². The molecule has 0 radical (unpaired) electrons. The summed E-state index contributed by atoms with van der Waals surface area (Å²) >= 11 is 0. The predicted octanol–water partition coefficient (Wildman–Crippen LogP) is 3.33. The molecule has 1 heterocycles. The molecule has 0 aliphatic rings. The Balaban J connectivity index is 2.10. The third kappa shape index (κ3) is 3.53. The lowest BCUT2D eigenvalue weighted by atomic mass is 9.77. The van der Waals surface area contributed by atoms with Crippen molar-refractivity contribution in [2.24, 2.45) is 0 Å². The monoisotopic (exact) mass is 280 g/mol. The Morgan fingerprint density at radius 2 is 1.85 bits per heavy atom. The van der Waals surface area contributed by atoms with Crippen molar-refractivity contribution in [3.8, 4) is 5.75 Å². The van der Waals surface area contributed by atoms with Crippen molar-refractivity contribution < 1.29 is 17.7 Å². The molecule has 0 saturated carbocycles. The third-order valence-electron chi connectivity index (χ3n) is 2.93. The highest BCUT2D eigenvalue weighted by molar-refractivity contribution is 6.74. The highest BCUT2D eigenvalue weighted by atomic mass is 19.4. The van der Waals surface area contributed by atoms with Gasteiger partial charge in [0.05, 0.1) is 0 Å². The van der Waals surface area contributed by atoms with Gasteiger partial charge in [-0.25, -0.2) is 0 Å². The second kappa shape index (κ2) is 5.57. The topological polar surface area (TPSA) is 22.1 Å². The van der Waals surface area contributed by atoms with Crippen molar-refractivity contribution >= 4 is 12.4 Å². The molecule has 2 rings (SSSR count). The number of nitrogens with zero attached hydrogens (tertiary/aromatic N) is 1. The molecule has 0 N–H and O–H groups in total. The predicted molar refractivity (Wildman–Crippen MR) is 73.2 cm³/mol. The molecule has 0 atom stereocenters. The van der Waals surface area contributed by atoms with Gasteiger partial charge in [-0.1, -0.05) is 11.6 Å². The third-order valence-corrected chi connectivity index (χ3v) is 2.93. The van der Waals surface area contributed by atoms with E-state index in [2.05, 4.69) is 4.98 Å². The van der Waals surface area contributed by atoms with Gasteiger partial charge in [-0.15, -0.1) is 5.46 Å². The van der Waals surface area contributed by atoms with Crippen LogP contribution >= 0.6 is 0 Å². The number of pyridine rings is 1. The molecule has 1 aromatic heterocycles. The smallest absolute Gasteiger partial charge is 0.489 e. The van der Waals surface area contributed by atoms with Crippen LogP contribution in [0.2, 0.25) is 0 Å². The summed E-state index contributed by atoms with van der Waals surface area (Å²) in [6.45, 7) is -1.34. The SMILES string of the molecule is Cc1cncc(COc2ccc([B-](F)(F)F)c(C)c2)c1. The molecule has 0 fully saturated rings. The molecule has 106 valence electrons. The van der Waals surface area contributed by atoms with Crippen molar-refractivity contribution in [2.75, 3.05) is 0 Å². The van der Waals surface area contributed by atoms with E-state index in [1.165, 1.54) is 19.1 Å². The minimum Gasteiger partial charge on any atom is -0.489 e. The van der Waals surface area contributed by atoms with Gasteiger partial charge in [-0.2, -0.15) is 0 Å². The Hall–Kier alpha value is -1.98. The van der Waals surface area contributed by atoms with Gasteiger partial charge < -0.3 is 17.7 Å². The maximum Gasteiger partial charge on any atom is 0.509 e. The van der Waals surface area contributed by atoms with E-state index in [0.717, 1.165) is 17.2 Å². The summed E-state index contributed by atoms with van der Waals surface area (Å²) in [5.74, 6) is 0.424. The Bertz CT molecular complexity index is 614. The Kier molecular flexibility index (Phi) is 4.02. The van der Waals surface area contributed by atoms with Crippen LogP contribution in [-0.4, -0.2) is 12.0 Å². The first kappa shape index (κ1) is 14.4. The molecule has 0 unspecified atom stereocenters. The highest BCUT2D eigenvalue weighted by Crippen LogP contribution is 2.18. The lowest BCUT2D eigenvalue weighted by molar-refractivity contribution is 0.305. The van der Waals surface area contributed by atoms with Crippen LogP contribution < -0.4 is 10.2 Å². The van der Waals surface area contributed by atoms with Gasteiger partial charge >= 0.3 is 6.98 Å². The molecule has 0 amide bonds. The number of ether oxygens (including phenoxy) is 1. The molecule has 0 saturated heterocycles. The van der Waals surface area contributed by atoms with E-state index < -0.39 is 12.4 Å². The minimum atomic E-state index is -4.97. The fourth-order valence-corrected chi connectivity index (χ4v) is 1.97. The molecule has 1 aromatic carbocycles. The Morgan fingerprint density at radius 1 is 1.10 bits per heavy atom. The molecule has 0 spiro atoms. The summed E-state index contributed by atoms with van der Waals surface area (Å²) in [6.07, 6.45) is 3.40. The van der Waals surface area contributed by atoms with Crippen molar-refractivity contribution in [1.29, 1.82) is 0 Å². The standard InChI is InChI=1S/C14H14BF3NO/c1-10-5-12(8-19-7-10)9-20-13-3-4-14(11(2)6-13)15(16,17)18/h3-8H,9H2,1-2H3/q-1. The van der Waals surface area contributed by atoms with Crippen LogP contribution in [-0.2, 0) is 6.61 Å². The van der Waals surface area contributed by atoms with E-state index in [9.17, 15) is 12.9 Å². The highest BCUT2D eigenvalue weighted by Gasteiger charge is 2.27. The van der Waals surface area contributed by atoms with Crippen LogP contribution in [0.5, 0.6) is 5.75 Å². The lowest BCUT2D eigenvalue weighted by Gasteiger charge is -2.18. The molecule has 0 aliphatic carbocycles. The number of aryl methyl sites for hydroxylation is 2. The fourth-order valence-electron chi connectivity index (χ4n) is 1.97. The van der Waals surface area contributed by atoms with E-state index in [1.54, 1.807) is 12.4 Å². The largest absolute Gasteiger partial charge is 0.509 e. The molecule has 20 heavy (non-hydrogen) atoms. The fraction of sp³-hybridized carbons (Fsp3) is 0.214. The summed E-state index contributed by atoms with van der Waals surface area (Å²) in [4.78, 5) is 4.03. The Morgan fingerprint density at radius 3 is 2.45 bits per heavy atom. The number of rotatable bonds is 4. The molecular weight excluding hydrogens is 266 g/mol. The van der Waals surface area contributed by atoms with E-state index in [4.69, 9.17) is 4.74 Å². The molecule has 6 heteroatoms. The summed E-state index contributed by atoms with van der Waals surface area (Å²) in [5, 5.41) is 0. The molecule has 0 aliphatic heterocycles. The van der Waals surface area contributed by atoms with Gasteiger partial charge in [-0.05, 0) is 37.6 Å². The van der Waals surface area contributed by atoms with Crippen molar-refractivity contribution in [3.63, 3.8) is 0 Å². The average Bonchev–Trinajstić information content (AvgIpc) is 2.35. The Labute approximate surface area is 115 Å². The van der Waals surface area contributed by atoms with Crippen molar-refractivity contribution in [1.82, 2.24) is 4.98 Å². The average molecular weight is 280 g/mol. The van der Waals surface area contributed by atoms with Gasteiger partial charge in [0.1, 0.15) is 12.4 Å². The van der Waals surface area contributed by atoms with E-state index in [0.29, 0.717) is 5.75 Å². The second-order valence-corrected chi connectivity index (χ2v) is 4.75. The zero-order valence-electron chi connectivity index (χ0n) is 11.2.